The Hall–Kier alpha value is -1.13. The van der Waals surface area contributed by atoms with E-state index in [1.807, 2.05) is 38.1 Å². The fourth-order valence-electron chi connectivity index (χ4n) is 2.37. The number of aliphatic hydroxyl groups is 1. The van der Waals surface area contributed by atoms with E-state index < -0.39 is 0 Å². The molecule has 0 aliphatic carbocycles. The molecule has 1 N–H and O–H groups in total. The predicted molar refractivity (Wildman–Crippen MR) is 84.3 cm³/mol. The van der Waals surface area contributed by atoms with Crippen molar-refractivity contribution in [2.45, 2.75) is 26.4 Å². The van der Waals surface area contributed by atoms with Crippen LogP contribution in [0.15, 0.2) is 28.7 Å². The van der Waals surface area contributed by atoms with Crippen LogP contribution in [0.1, 0.15) is 24.5 Å². The second kappa shape index (κ2) is 6.55. The molecule has 1 heterocycles. The van der Waals surface area contributed by atoms with E-state index >= 15 is 0 Å². The van der Waals surface area contributed by atoms with Gasteiger partial charge in [0.2, 0.25) is 5.91 Å². The van der Waals surface area contributed by atoms with Gasteiger partial charge in [0.15, 0.2) is 0 Å². The van der Waals surface area contributed by atoms with Gasteiger partial charge in [-0.15, -0.1) is 0 Å². The van der Waals surface area contributed by atoms with E-state index in [1.54, 1.807) is 11.0 Å². The molecule has 4 heteroatoms. The number of piperidine rings is 1. The summed E-state index contributed by atoms with van der Waals surface area (Å²) in [6.45, 7) is 5.26. The summed E-state index contributed by atoms with van der Waals surface area (Å²) in [5, 5.41) is 9.69. The fourth-order valence-corrected chi connectivity index (χ4v) is 2.99. The van der Waals surface area contributed by atoms with E-state index in [2.05, 4.69) is 15.9 Å². The molecule has 0 bridgehead atoms. The van der Waals surface area contributed by atoms with E-state index in [0.717, 1.165) is 10.0 Å². The molecule has 0 aromatic heterocycles. The van der Waals surface area contributed by atoms with Gasteiger partial charge in [0.25, 0.3) is 0 Å². The Labute approximate surface area is 128 Å². The van der Waals surface area contributed by atoms with Crippen molar-refractivity contribution in [1.29, 1.82) is 0 Å². The topological polar surface area (TPSA) is 40.5 Å². The summed E-state index contributed by atoms with van der Waals surface area (Å²) in [5.41, 5.74) is 2.17. The van der Waals surface area contributed by atoms with Crippen LogP contribution in [0.3, 0.4) is 0 Å². The minimum absolute atomic E-state index is 0.0104. The highest BCUT2D eigenvalue weighted by Crippen LogP contribution is 2.20. The molecule has 0 spiro atoms. The van der Waals surface area contributed by atoms with Crippen LogP contribution in [0.25, 0.3) is 6.08 Å². The lowest BCUT2D eigenvalue weighted by atomic mass is 9.97. The highest BCUT2D eigenvalue weighted by Gasteiger charge is 2.25. The first kappa shape index (κ1) is 15.3. The third kappa shape index (κ3) is 3.70. The Bertz CT molecular complexity index is 527. The van der Waals surface area contributed by atoms with Gasteiger partial charge < -0.3 is 10.0 Å². The zero-order valence-corrected chi connectivity index (χ0v) is 13.4. The van der Waals surface area contributed by atoms with Gasteiger partial charge in [0, 0.05) is 23.6 Å². The second-order valence-electron chi connectivity index (χ2n) is 5.48. The molecule has 1 saturated heterocycles. The van der Waals surface area contributed by atoms with Gasteiger partial charge in [-0.05, 0) is 42.5 Å². The number of halogens is 1. The van der Waals surface area contributed by atoms with Crippen molar-refractivity contribution in [3.05, 3.63) is 39.9 Å². The van der Waals surface area contributed by atoms with E-state index in [9.17, 15) is 9.90 Å². The van der Waals surface area contributed by atoms with Crippen molar-refractivity contribution in [3.8, 4) is 0 Å². The molecule has 1 aliphatic heterocycles. The van der Waals surface area contributed by atoms with Crippen LogP contribution in [0.5, 0.6) is 0 Å². The third-order valence-corrected chi connectivity index (χ3v) is 4.42. The number of nitrogens with zero attached hydrogens (tertiary/aromatic N) is 1. The molecule has 2 unspecified atom stereocenters. The first-order chi connectivity index (χ1) is 9.47. The molecule has 1 amide bonds. The number of amides is 1. The molecule has 1 aromatic rings. The van der Waals surface area contributed by atoms with Crippen molar-refractivity contribution < 1.29 is 9.90 Å². The standard InChI is InChI=1S/C16H20BrNO2/c1-11-3-4-13(14(17)9-11)5-6-16(20)18-8-7-15(19)12(2)10-18/h3-6,9,12,15,19H,7-8,10H2,1-2H3/b6-5+. The van der Waals surface area contributed by atoms with E-state index in [-0.39, 0.29) is 17.9 Å². The molecule has 108 valence electrons. The molecule has 20 heavy (non-hydrogen) atoms. The smallest absolute Gasteiger partial charge is 0.246 e. The van der Waals surface area contributed by atoms with E-state index in [0.29, 0.717) is 19.5 Å². The summed E-state index contributed by atoms with van der Waals surface area (Å²) < 4.78 is 0.990. The first-order valence-corrected chi connectivity index (χ1v) is 7.68. The van der Waals surface area contributed by atoms with Crippen molar-refractivity contribution in [2.24, 2.45) is 5.92 Å². The lowest BCUT2D eigenvalue weighted by molar-refractivity contribution is -0.129. The van der Waals surface area contributed by atoms with Crippen LogP contribution in [0.2, 0.25) is 0 Å². The average Bonchev–Trinajstić information content (AvgIpc) is 2.40. The van der Waals surface area contributed by atoms with Crippen molar-refractivity contribution in [2.75, 3.05) is 13.1 Å². The molecule has 2 atom stereocenters. The lowest BCUT2D eigenvalue weighted by Crippen LogP contribution is -2.44. The van der Waals surface area contributed by atoms with Gasteiger partial charge in [-0.25, -0.2) is 0 Å². The minimum atomic E-state index is -0.283. The summed E-state index contributed by atoms with van der Waals surface area (Å²) in [5.74, 6) is 0.156. The SMILES string of the molecule is Cc1ccc(/C=C/C(=O)N2CCC(O)C(C)C2)c(Br)c1. The number of benzene rings is 1. The number of likely N-dealkylation sites (tertiary alicyclic amines) is 1. The van der Waals surface area contributed by atoms with Crippen LogP contribution < -0.4 is 0 Å². The minimum Gasteiger partial charge on any atom is -0.393 e. The summed E-state index contributed by atoms with van der Waals surface area (Å²) in [6.07, 6.45) is 3.82. The van der Waals surface area contributed by atoms with Gasteiger partial charge in [0.05, 0.1) is 6.10 Å². The normalized spacial score (nSPS) is 23.3. The Morgan fingerprint density at radius 3 is 2.90 bits per heavy atom. The highest BCUT2D eigenvalue weighted by molar-refractivity contribution is 9.10. The highest BCUT2D eigenvalue weighted by atomic mass is 79.9. The number of hydrogen-bond acceptors (Lipinski definition) is 2. The molecular weight excluding hydrogens is 318 g/mol. The van der Waals surface area contributed by atoms with Crippen LogP contribution >= 0.6 is 15.9 Å². The largest absolute Gasteiger partial charge is 0.393 e. The van der Waals surface area contributed by atoms with Gasteiger partial charge in [-0.1, -0.05) is 35.0 Å². The zero-order valence-electron chi connectivity index (χ0n) is 11.8. The van der Waals surface area contributed by atoms with Crippen LogP contribution in [0, 0.1) is 12.8 Å². The quantitative estimate of drug-likeness (QED) is 0.842. The number of hydrogen-bond donors (Lipinski definition) is 1. The Morgan fingerprint density at radius 1 is 1.50 bits per heavy atom. The molecule has 0 radical (unpaired) electrons. The van der Waals surface area contributed by atoms with Crippen molar-refractivity contribution in [3.63, 3.8) is 0 Å². The first-order valence-electron chi connectivity index (χ1n) is 6.88. The number of rotatable bonds is 2. The number of carbonyl (C=O) groups excluding carboxylic acids is 1. The molecule has 1 fully saturated rings. The Kier molecular flexibility index (Phi) is 5.00. The second-order valence-corrected chi connectivity index (χ2v) is 6.33. The van der Waals surface area contributed by atoms with E-state index in [4.69, 9.17) is 0 Å². The maximum atomic E-state index is 12.1. The van der Waals surface area contributed by atoms with Crippen molar-refractivity contribution in [1.82, 2.24) is 4.90 Å². The predicted octanol–water partition coefficient (Wildman–Crippen LogP) is 3.00. The van der Waals surface area contributed by atoms with Crippen LogP contribution in [0.4, 0.5) is 0 Å². The van der Waals surface area contributed by atoms with E-state index in [1.165, 1.54) is 5.56 Å². The monoisotopic (exact) mass is 337 g/mol. The van der Waals surface area contributed by atoms with Gasteiger partial charge in [-0.2, -0.15) is 0 Å². The molecule has 1 aliphatic rings. The zero-order chi connectivity index (χ0) is 14.7. The summed E-state index contributed by atoms with van der Waals surface area (Å²) in [6, 6.07) is 6.05. The Morgan fingerprint density at radius 2 is 2.25 bits per heavy atom. The summed E-state index contributed by atoms with van der Waals surface area (Å²) >= 11 is 3.50. The molecule has 2 rings (SSSR count). The van der Waals surface area contributed by atoms with Gasteiger partial charge in [-0.3, -0.25) is 4.79 Å². The summed E-state index contributed by atoms with van der Waals surface area (Å²) in [4.78, 5) is 13.9. The molecule has 3 nitrogen and oxygen atoms in total. The third-order valence-electron chi connectivity index (χ3n) is 3.73. The molecule has 0 saturated carbocycles. The maximum absolute atomic E-state index is 12.1. The van der Waals surface area contributed by atoms with Crippen LogP contribution in [-0.2, 0) is 4.79 Å². The lowest BCUT2D eigenvalue weighted by Gasteiger charge is -2.33. The van der Waals surface area contributed by atoms with Crippen molar-refractivity contribution >= 4 is 27.9 Å². The average molecular weight is 338 g/mol. The number of carbonyl (C=O) groups is 1. The summed E-state index contributed by atoms with van der Waals surface area (Å²) in [7, 11) is 0. The number of aryl methyl sites for hydroxylation is 1. The van der Waals surface area contributed by atoms with Crippen LogP contribution in [-0.4, -0.2) is 35.1 Å². The van der Waals surface area contributed by atoms with Gasteiger partial charge in [0.1, 0.15) is 0 Å². The Balaban J connectivity index is 2.02. The fraction of sp³-hybridized carbons (Fsp3) is 0.438. The maximum Gasteiger partial charge on any atom is 0.246 e. The molecular formula is C16H20BrNO2. The molecule has 1 aromatic carbocycles. The van der Waals surface area contributed by atoms with Gasteiger partial charge >= 0.3 is 0 Å². The number of aliphatic hydroxyl groups excluding tert-OH is 1.